The average molecular weight is 468 g/mol. The Labute approximate surface area is 199 Å². The van der Waals surface area contributed by atoms with Gasteiger partial charge in [-0.25, -0.2) is 9.37 Å². The number of aromatic nitrogens is 2. The molecule has 0 aliphatic heterocycles. The van der Waals surface area contributed by atoms with E-state index in [2.05, 4.69) is 48.0 Å². The molecule has 6 nitrogen and oxygen atoms in total. The van der Waals surface area contributed by atoms with Crippen molar-refractivity contribution in [2.24, 2.45) is 0 Å². The molecule has 0 amide bonds. The molecule has 2 aromatic rings. The fraction of sp³-hybridized carbons (Fsp3) is 0.360. The molecule has 2 N–H and O–H groups in total. The van der Waals surface area contributed by atoms with Crippen molar-refractivity contribution in [3.05, 3.63) is 76.0 Å². The summed E-state index contributed by atoms with van der Waals surface area (Å²) in [5.41, 5.74) is 2.49. The van der Waals surface area contributed by atoms with Gasteiger partial charge in [-0.3, -0.25) is 15.8 Å². The van der Waals surface area contributed by atoms with E-state index >= 15 is 0 Å². The second-order valence-electron chi connectivity index (χ2n) is 8.27. The molecule has 0 saturated carbocycles. The van der Waals surface area contributed by atoms with Crippen LogP contribution in [0.5, 0.6) is 0 Å². The minimum Gasteiger partial charge on any atom is -0.419 e. The van der Waals surface area contributed by atoms with Crippen molar-refractivity contribution in [2.45, 2.75) is 38.4 Å². The summed E-state index contributed by atoms with van der Waals surface area (Å²) in [6, 6.07) is 5.85. The van der Waals surface area contributed by atoms with E-state index in [0.717, 1.165) is 31.4 Å². The molecule has 1 unspecified atom stereocenters. The number of allylic oxidation sites excluding steroid dienone is 4. The largest absolute Gasteiger partial charge is 0.419 e. The van der Waals surface area contributed by atoms with Crippen LogP contribution in [0.3, 0.4) is 0 Å². The summed E-state index contributed by atoms with van der Waals surface area (Å²) in [4.78, 5) is 12.5. The Hall–Kier alpha value is -2.84. The van der Waals surface area contributed by atoms with E-state index in [9.17, 15) is 4.39 Å². The predicted octanol–water partition coefficient (Wildman–Crippen LogP) is 5.43. The Morgan fingerprint density at radius 1 is 1.18 bits per heavy atom. The Kier molecular flexibility index (Phi) is 8.52. The molecule has 1 aliphatic carbocycles. The minimum absolute atomic E-state index is 0.00557. The van der Waals surface area contributed by atoms with Gasteiger partial charge in [0, 0.05) is 5.25 Å². The van der Waals surface area contributed by atoms with Crippen LogP contribution in [0.25, 0.3) is 5.57 Å². The van der Waals surface area contributed by atoms with Gasteiger partial charge in [0.2, 0.25) is 11.8 Å². The summed E-state index contributed by atoms with van der Waals surface area (Å²) in [5.74, 6) is -1.33. The molecule has 1 heterocycles. The third-order valence-corrected chi connectivity index (χ3v) is 6.55. The minimum atomic E-state index is -0.573. The highest BCUT2D eigenvalue weighted by Crippen LogP contribution is 2.34. The van der Waals surface area contributed by atoms with E-state index in [0.29, 0.717) is 16.6 Å². The number of nitrogens with one attached hydrogen (secondary N) is 2. The zero-order valence-electron chi connectivity index (χ0n) is 19.5. The first-order valence-corrected chi connectivity index (χ1v) is 11.8. The number of ether oxygens (including phenoxy) is 1. The van der Waals surface area contributed by atoms with Gasteiger partial charge < -0.3 is 9.64 Å². The van der Waals surface area contributed by atoms with E-state index in [-0.39, 0.29) is 17.2 Å². The molecular weight excluding hydrogens is 437 g/mol. The van der Waals surface area contributed by atoms with Gasteiger partial charge in [-0.2, -0.15) is 0 Å². The van der Waals surface area contributed by atoms with Crippen molar-refractivity contribution in [1.82, 2.24) is 14.9 Å². The van der Waals surface area contributed by atoms with Gasteiger partial charge in [-0.05, 0) is 69.4 Å². The monoisotopic (exact) mass is 467 g/mol. The fourth-order valence-corrected chi connectivity index (χ4v) is 4.46. The molecule has 1 aromatic carbocycles. The van der Waals surface area contributed by atoms with Crippen molar-refractivity contribution in [2.75, 3.05) is 20.6 Å². The number of rotatable bonds is 8. The molecule has 0 spiro atoms. The van der Waals surface area contributed by atoms with Gasteiger partial charge in [0.05, 0.1) is 23.1 Å². The zero-order chi connectivity index (χ0) is 24.0. The highest BCUT2D eigenvalue weighted by atomic mass is 32.2. The lowest BCUT2D eigenvalue weighted by atomic mass is 10.0. The molecule has 3 rings (SSSR count). The van der Waals surface area contributed by atoms with Crippen LogP contribution in [-0.4, -0.2) is 52.6 Å². The first-order chi connectivity index (χ1) is 15.7. The standard InChI is InChI=1S/C25H30FN5OS/c1-16(13-14-31(3)4)33-19-11-9-18(10-12-19)22-15-29-17(2)23(30-22)25(28)32-24(27)20-7-5-6-8-21(20)26/h5-9,11,15-16,27-28H,10,12-14H2,1-4H3. The van der Waals surface area contributed by atoms with Crippen LogP contribution >= 0.6 is 11.8 Å². The Balaban J connectivity index is 1.70. The maximum atomic E-state index is 13.9. The van der Waals surface area contributed by atoms with E-state index in [1.165, 1.54) is 23.1 Å². The zero-order valence-corrected chi connectivity index (χ0v) is 20.3. The van der Waals surface area contributed by atoms with Crippen LogP contribution in [0, 0.1) is 23.6 Å². The number of aryl methyl sites for hydroxylation is 1. The summed E-state index contributed by atoms with van der Waals surface area (Å²) in [6.45, 7) is 5.07. The normalized spacial score (nSPS) is 14.5. The van der Waals surface area contributed by atoms with E-state index in [1.54, 1.807) is 19.2 Å². The summed E-state index contributed by atoms with van der Waals surface area (Å²) in [7, 11) is 4.19. The second kappa shape index (κ2) is 11.3. The number of nitrogens with zero attached hydrogens (tertiary/aromatic N) is 3. The first kappa shape index (κ1) is 24.8. The van der Waals surface area contributed by atoms with Crippen molar-refractivity contribution >= 4 is 29.1 Å². The fourth-order valence-electron chi connectivity index (χ4n) is 3.36. The van der Waals surface area contributed by atoms with Gasteiger partial charge in [0.1, 0.15) is 11.5 Å². The van der Waals surface area contributed by atoms with Crippen LogP contribution in [0.4, 0.5) is 4.39 Å². The van der Waals surface area contributed by atoms with E-state index in [4.69, 9.17) is 15.6 Å². The molecule has 33 heavy (non-hydrogen) atoms. The van der Waals surface area contributed by atoms with Crippen LogP contribution in [0.2, 0.25) is 0 Å². The van der Waals surface area contributed by atoms with Crippen molar-refractivity contribution in [1.29, 1.82) is 10.8 Å². The third-order valence-electron chi connectivity index (χ3n) is 5.27. The SMILES string of the molecule is Cc1ncc(C2=CC=C(SC(C)CCN(C)C)CC2)nc1C(=N)OC(=N)c1ccccc1F. The Morgan fingerprint density at radius 2 is 1.94 bits per heavy atom. The third kappa shape index (κ3) is 6.82. The average Bonchev–Trinajstić information content (AvgIpc) is 2.78. The molecule has 1 atom stereocenters. The molecule has 174 valence electrons. The van der Waals surface area contributed by atoms with Crippen LogP contribution in [0.1, 0.15) is 48.8 Å². The van der Waals surface area contributed by atoms with Crippen molar-refractivity contribution in [3.8, 4) is 0 Å². The van der Waals surface area contributed by atoms with Gasteiger partial charge >= 0.3 is 0 Å². The summed E-state index contributed by atoms with van der Waals surface area (Å²) in [6.07, 6.45) is 8.84. The van der Waals surface area contributed by atoms with Gasteiger partial charge in [-0.15, -0.1) is 11.8 Å². The summed E-state index contributed by atoms with van der Waals surface area (Å²) < 4.78 is 19.2. The predicted molar refractivity (Wildman–Crippen MR) is 133 cm³/mol. The van der Waals surface area contributed by atoms with E-state index in [1.807, 2.05) is 11.8 Å². The molecule has 1 aromatic heterocycles. The highest BCUT2D eigenvalue weighted by molar-refractivity contribution is 8.03. The quantitative estimate of drug-likeness (QED) is 0.400. The molecule has 0 fully saturated rings. The van der Waals surface area contributed by atoms with E-state index < -0.39 is 11.7 Å². The summed E-state index contributed by atoms with van der Waals surface area (Å²) >= 11 is 1.92. The number of hydrogen-bond donors (Lipinski definition) is 2. The smallest absolute Gasteiger partial charge is 0.241 e. The number of hydrogen-bond acceptors (Lipinski definition) is 7. The summed E-state index contributed by atoms with van der Waals surface area (Å²) in [5, 5.41) is 16.9. The molecular formula is C25H30FN5OS. The molecule has 8 heteroatoms. The van der Waals surface area contributed by atoms with Crippen LogP contribution in [-0.2, 0) is 4.74 Å². The van der Waals surface area contributed by atoms with Crippen LogP contribution in [0.15, 0.2) is 47.5 Å². The lowest BCUT2D eigenvalue weighted by Gasteiger charge is -2.19. The Morgan fingerprint density at radius 3 is 2.61 bits per heavy atom. The van der Waals surface area contributed by atoms with Gasteiger partial charge in [0.25, 0.3) is 0 Å². The van der Waals surface area contributed by atoms with Crippen molar-refractivity contribution < 1.29 is 9.13 Å². The van der Waals surface area contributed by atoms with Crippen LogP contribution < -0.4 is 0 Å². The van der Waals surface area contributed by atoms with Crippen molar-refractivity contribution in [3.63, 3.8) is 0 Å². The first-order valence-electron chi connectivity index (χ1n) is 10.9. The topological polar surface area (TPSA) is 86.0 Å². The number of benzene rings is 1. The highest BCUT2D eigenvalue weighted by Gasteiger charge is 2.19. The molecule has 0 saturated heterocycles. The van der Waals surface area contributed by atoms with Gasteiger partial charge in [0.15, 0.2) is 0 Å². The lowest BCUT2D eigenvalue weighted by Crippen LogP contribution is -2.18. The molecule has 0 bridgehead atoms. The Bertz CT molecular complexity index is 1100. The molecule has 0 radical (unpaired) electrons. The lowest BCUT2D eigenvalue weighted by molar-refractivity contribution is 0.400. The second-order valence-corrected chi connectivity index (χ2v) is 9.84. The van der Waals surface area contributed by atoms with Gasteiger partial charge in [-0.1, -0.05) is 31.2 Å². The number of thioether (sulfide) groups is 1. The maximum absolute atomic E-state index is 13.9. The molecule has 1 aliphatic rings. The number of halogens is 1. The maximum Gasteiger partial charge on any atom is 0.241 e.